The largest absolute Gasteiger partial charge is 0.339 e. The van der Waals surface area contributed by atoms with Gasteiger partial charge in [0.15, 0.2) is 0 Å². The summed E-state index contributed by atoms with van der Waals surface area (Å²) in [6.07, 6.45) is 6.25. The molecule has 0 aliphatic carbocycles. The molecule has 0 radical (unpaired) electrons. The quantitative estimate of drug-likeness (QED) is 0.861. The van der Waals surface area contributed by atoms with E-state index in [2.05, 4.69) is 20.0 Å². The highest BCUT2D eigenvalue weighted by atomic mass is 16.2. The molecule has 23 heavy (non-hydrogen) atoms. The van der Waals surface area contributed by atoms with Gasteiger partial charge in [-0.25, -0.2) is 9.97 Å². The Morgan fingerprint density at radius 3 is 2.61 bits per heavy atom. The average Bonchev–Trinajstić information content (AvgIpc) is 2.94. The molecule has 1 aliphatic heterocycles. The Morgan fingerprint density at radius 2 is 1.91 bits per heavy atom. The Labute approximate surface area is 135 Å². The summed E-state index contributed by atoms with van der Waals surface area (Å²) in [5, 5.41) is 4.38. The van der Waals surface area contributed by atoms with E-state index in [1.807, 2.05) is 35.7 Å². The van der Waals surface area contributed by atoms with Crippen LogP contribution in [0, 0.1) is 0 Å². The highest BCUT2D eigenvalue weighted by Gasteiger charge is 2.23. The Kier molecular flexibility index (Phi) is 4.55. The maximum Gasteiger partial charge on any atom is 0.274 e. The fraction of sp³-hybridized carbons (Fsp3) is 0.500. The van der Waals surface area contributed by atoms with E-state index < -0.39 is 0 Å². The molecule has 1 fully saturated rings. The summed E-state index contributed by atoms with van der Waals surface area (Å²) in [5.41, 5.74) is 0.517. The maximum absolute atomic E-state index is 12.6. The number of aromatic nitrogens is 4. The molecule has 1 aliphatic rings. The van der Waals surface area contributed by atoms with Gasteiger partial charge in [0.2, 0.25) is 5.95 Å². The van der Waals surface area contributed by atoms with Crippen LogP contribution in [0.15, 0.2) is 30.7 Å². The summed E-state index contributed by atoms with van der Waals surface area (Å²) in [6, 6.07) is 3.86. The van der Waals surface area contributed by atoms with Crippen molar-refractivity contribution in [2.24, 2.45) is 0 Å². The number of rotatable bonds is 3. The van der Waals surface area contributed by atoms with Crippen LogP contribution in [0.2, 0.25) is 0 Å². The van der Waals surface area contributed by atoms with E-state index in [1.54, 1.807) is 18.5 Å². The van der Waals surface area contributed by atoms with Gasteiger partial charge in [0.25, 0.3) is 5.91 Å². The maximum atomic E-state index is 12.6. The van der Waals surface area contributed by atoms with Gasteiger partial charge in [-0.1, -0.05) is 0 Å². The second kappa shape index (κ2) is 6.76. The first-order valence-electron chi connectivity index (χ1n) is 8.01. The molecule has 0 saturated carbocycles. The highest BCUT2D eigenvalue weighted by molar-refractivity contribution is 5.92. The normalized spacial score (nSPS) is 15.8. The number of nitrogens with zero attached hydrogens (tertiary/aromatic N) is 6. The lowest BCUT2D eigenvalue weighted by Gasteiger charge is -2.21. The van der Waals surface area contributed by atoms with Crippen LogP contribution in [0.5, 0.6) is 0 Å². The zero-order valence-corrected chi connectivity index (χ0v) is 13.6. The zero-order chi connectivity index (χ0) is 16.2. The number of hydrogen-bond acceptors (Lipinski definition) is 5. The smallest absolute Gasteiger partial charge is 0.274 e. The van der Waals surface area contributed by atoms with Crippen LogP contribution in [-0.2, 0) is 0 Å². The van der Waals surface area contributed by atoms with E-state index in [0.717, 1.165) is 32.0 Å². The van der Waals surface area contributed by atoms with Crippen molar-refractivity contribution in [2.75, 3.05) is 31.1 Å². The summed E-state index contributed by atoms with van der Waals surface area (Å²) >= 11 is 0. The minimum absolute atomic E-state index is 0.000213. The van der Waals surface area contributed by atoms with E-state index in [-0.39, 0.29) is 11.9 Å². The highest BCUT2D eigenvalue weighted by Crippen LogP contribution is 2.13. The third-order valence-electron chi connectivity index (χ3n) is 3.97. The standard InChI is InChI=1S/C16H22N6O/c1-13(2)22-10-5-14(19-22)15(23)20-8-4-9-21(12-11-20)16-17-6-3-7-18-16/h3,5-7,10,13H,4,8-9,11-12H2,1-2H3. The van der Waals surface area contributed by atoms with Gasteiger partial charge in [-0.05, 0) is 32.4 Å². The van der Waals surface area contributed by atoms with Crippen LogP contribution < -0.4 is 4.90 Å². The van der Waals surface area contributed by atoms with Gasteiger partial charge in [0.05, 0.1) is 0 Å². The van der Waals surface area contributed by atoms with Crippen LogP contribution in [-0.4, -0.2) is 56.7 Å². The molecule has 3 rings (SSSR count). The third kappa shape index (κ3) is 3.49. The first kappa shape index (κ1) is 15.5. The fourth-order valence-corrected chi connectivity index (χ4v) is 2.68. The Hall–Kier alpha value is -2.44. The fourth-order valence-electron chi connectivity index (χ4n) is 2.68. The molecule has 7 heteroatoms. The van der Waals surface area contributed by atoms with Gasteiger partial charge in [-0.15, -0.1) is 0 Å². The van der Waals surface area contributed by atoms with Crippen LogP contribution in [0.3, 0.4) is 0 Å². The molecule has 122 valence electrons. The summed E-state index contributed by atoms with van der Waals surface area (Å²) < 4.78 is 1.81. The van der Waals surface area contributed by atoms with Crippen molar-refractivity contribution in [3.63, 3.8) is 0 Å². The lowest BCUT2D eigenvalue weighted by Crippen LogP contribution is -2.35. The predicted molar refractivity (Wildman–Crippen MR) is 87.4 cm³/mol. The lowest BCUT2D eigenvalue weighted by molar-refractivity contribution is 0.0760. The Balaban J connectivity index is 1.66. The summed E-state index contributed by atoms with van der Waals surface area (Å²) in [7, 11) is 0. The molecule has 0 unspecified atom stereocenters. The predicted octanol–water partition coefficient (Wildman–Crippen LogP) is 1.61. The van der Waals surface area contributed by atoms with Crippen LogP contribution in [0.1, 0.15) is 36.8 Å². The van der Waals surface area contributed by atoms with Gasteiger partial charge in [-0.2, -0.15) is 5.10 Å². The molecule has 1 amide bonds. The van der Waals surface area contributed by atoms with Crippen molar-refractivity contribution in [2.45, 2.75) is 26.3 Å². The third-order valence-corrected chi connectivity index (χ3v) is 3.97. The molecular weight excluding hydrogens is 292 g/mol. The zero-order valence-electron chi connectivity index (χ0n) is 13.6. The minimum atomic E-state index is 0.000213. The van der Waals surface area contributed by atoms with Gasteiger partial charge in [0, 0.05) is 50.8 Å². The second-order valence-corrected chi connectivity index (χ2v) is 5.96. The van der Waals surface area contributed by atoms with Gasteiger partial charge >= 0.3 is 0 Å². The molecule has 0 N–H and O–H groups in total. The average molecular weight is 314 g/mol. The monoisotopic (exact) mass is 314 g/mol. The molecular formula is C16H22N6O. The van der Waals surface area contributed by atoms with Crippen molar-refractivity contribution in [1.29, 1.82) is 0 Å². The number of carbonyl (C=O) groups is 1. The topological polar surface area (TPSA) is 67.2 Å². The van der Waals surface area contributed by atoms with E-state index in [4.69, 9.17) is 0 Å². The van der Waals surface area contributed by atoms with Crippen molar-refractivity contribution >= 4 is 11.9 Å². The SMILES string of the molecule is CC(C)n1ccc(C(=O)N2CCCN(c3ncccn3)CC2)n1. The van der Waals surface area contributed by atoms with Crippen LogP contribution in [0.4, 0.5) is 5.95 Å². The van der Waals surface area contributed by atoms with Crippen molar-refractivity contribution in [3.8, 4) is 0 Å². The molecule has 2 aromatic rings. The number of anilines is 1. The molecule has 1 saturated heterocycles. The molecule has 0 aromatic carbocycles. The molecule has 2 aromatic heterocycles. The Bertz CT molecular complexity index is 654. The lowest BCUT2D eigenvalue weighted by atomic mass is 10.3. The van der Waals surface area contributed by atoms with E-state index in [0.29, 0.717) is 12.2 Å². The number of amides is 1. The second-order valence-electron chi connectivity index (χ2n) is 5.96. The summed E-state index contributed by atoms with van der Waals surface area (Å²) in [4.78, 5) is 25.2. The molecule has 0 atom stereocenters. The minimum Gasteiger partial charge on any atom is -0.339 e. The van der Waals surface area contributed by atoms with Gasteiger partial charge in [0.1, 0.15) is 5.69 Å². The van der Waals surface area contributed by atoms with Gasteiger partial charge < -0.3 is 9.80 Å². The number of hydrogen-bond donors (Lipinski definition) is 0. The van der Waals surface area contributed by atoms with Crippen LogP contribution in [0.25, 0.3) is 0 Å². The Morgan fingerprint density at radius 1 is 1.13 bits per heavy atom. The molecule has 0 spiro atoms. The molecule has 3 heterocycles. The van der Waals surface area contributed by atoms with Crippen LogP contribution >= 0.6 is 0 Å². The summed E-state index contributed by atoms with van der Waals surface area (Å²) in [6.45, 7) is 7.08. The number of carbonyl (C=O) groups excluding carboxylic acids is 1. The van der Waals surface area contributed by atoms with Gasteiger partial charge in [-0.3, -0.25) is 9.48 Å². The first-order chi connectivity index (χ1) is 11.1. The van der Waals surface area contributed by atoms with Crippen molar-refractivity contribution in [1.82, 2.24) is 24.6 Å². The van der Waals surface area contributed by atoms with E-state index in [1.165, 1.54) is 0 Å². The van der Waals surface area contributed by atoms with E-state index in [9.17, 15) is 4.79 Å². The molecule has 0 bridgehead atoms. The van der Waals surface area contributed by atoms with E-state index >= 15 is 0 Å². The summed E-state index contributed by atoms with van der Waals surface area (Å²) in [5.74, 6) is 0.728. The van der Waals surface area contributed by atoms with Crippen molar-refractivity contribution in [3.05, 3.63) is 36.4 Å². The molecule has 7 nitrogen and oxygen atoms in total. The van der Waals surface area contributed by atoms with Crippen molar-refractivity contribution < 1.29 is 4.79 Å². The first-order valence-corrected chi connectivity index (χ1v) is 8.01.